The predicted molar refractivity (Wildman–Crippen MR) is 116 cm³/mol. The highest BCUT2D eigenvalue weighted by atomic mass is 32.2. The highest BCUT2D eigenvalue weighted by molar-refractivity contribution is 8.00. The van der Waals surface area contributed by atoms with Crippen LogP contribution >= 0.6 is 11.8 Å². The Morgan fingerprint density at radius 1 is 1.25 bits per heavy atom. The molecular weight excluding hydrogens is 392 g/mol. The second-order valence-electron chi connectivity index (χ2n) is 7.49. The number of nitrogens with zero attached hydrogens (tertiary/aromatic N) is 1. The molecule has 7 heteroatoms. The summed E-state index contributed by atoms with van der Waals surface area (Å²) in [6.45, 7) is 10.1. The van der Waals surface area contributed by atoms with Crippen LogP contribution in [-0.4, -0.2) is 26.1 Å². The number of aryl methyl sites for hydroxylation is 1. The van der Waals surface area contributed by atoms with Crippen molar-refractivity contribution in [3.05, 3.63) is 47.5 Å². The standard InChI is InChI=1S/C21H26N2O3S2/c1-13(2)18-8-6-7-14(3)21(18)22-28(25,26)17-9-10-20-19(11-17)23(16(5)24)12-15(4)27-20/h6-11,13,15,22H,12H2,1-5H3/t15-/m1/s1. The van der Waals surface area contributed by atoms with E-state index in [1.807, 2.05) is 39.0 Å². The number of carbonyl (C=O) groups is 1. The maximum atomic E-state index is 13.1. The Morgan fingerprint density at radius 3 is 2.61 bits per heavy atom. The van der Waals surface area contributed by atoms with Crippen LogP contribution in [0.15, 0.2) is 46.2 Å². The predicted octanol–water partition coefficient (Wildman–Crippen LogP) is 4.77. The lowest BCUT2D eigenvalue weighted by Crippen LogP contribution is -2.37. The summed E-state index contributed by atoms with van der Waals surface area (Å²) in [4.78, 5) is 14.8. The number of benzene rings is 2. The van der Waals surface area contributed by atoms with Crippen LogP contribution in [0.3, 0.4) is 0 Å². The van der Waals surface area contributed by atoms with Gasteiger partial charge in [0.1, 0.15) is 0 Å². The Kier molecular flexibility index (Phi) is 5.77. The molecule has 1 aliphatic heterocycles. The minimum atomic E-state index is -3.79. The number of hydrogen-bond donors (Lipinski definition) is 1. The number of fused-ring (bicyclic) bond motifs is 1. The van der Waals surface area contributed by atoms with Crippen LogP contribution in [-0.2, 0) is 14.8 Å². The Hall–Kier alpha value is -1.99. The average molecular weight is 419 g/mol. The van der Waals surface area contributed by atoms with E-state index < -0.39 is 10.0 Å². The van der Waals surface area contributed by atoms with Gasteiger partial charge in [-0.1, -0.05) is 39.0 Å². The lowest BCUT2D eigenvalue weighted by molar-refractivity contribution is -0.116. The third-order valence-corrected chi connectivity index (χ3v) is 7.34. The Morgan fingerprint density at radius 2 is 1.96 bits per heavy atom. The first kappa shape index (κ1) is 20.7. The molecule has 0 aromatic heterocycles. The van der Waals surface area contributed by atoms with E-state index >= 15 is 0 Å². The van der Waals surface area contributed by atoms with E-state index in [0.29, 0.717) is 17.9 Å². The Labute approximate surface area is 171 Å². The fraction of sp³-hybridized carbons (Fsp3) is 0.381. The van der Waals surface area contributed by atoms with Gasteiger partial charge in [-0.25, -0.2) is 8.42 Å². The number of anilines is 2. The van der Waals surface area contributed by atoms with Gasteiger partial charge in [-0.05, 0) is 42.2 Å². The topological polar surface area (TPSA) is 66.5 Å². The summed E-state index contributed by atoms with van der Waals surface area (Å²) < 4.78 is 29.0. The quantitative estimate of drug-likeness (QED) is 0.777. The number of hydrogen-bond acceptors (Lipinski definition) is 4. The molecule has 0 fully saturated rings. The van der Waals surface area contributed by atoms with Crippen LogP contribution < -0.4 is 9.62 Å². The van der Waals surface area contributed by atoms with Gasteiger partial charge in [0, 0.05) is 23.6 Å². The summed E-state index contributed by atoms with van der Waals surface area (Å²) in [6, 6.07) is 10.8. The minimum Gasteiger partial charge on any atom is -0.310 e. The first-order chi connectivity index (χ1) is 13.1. The summed E-state index contributed by atoms with van der Waals surface area (Å²) in [5.41, 5.74) is 3.12. The second kappa shape index (κ2) is 7.79. The molecule has 3 rings (SSSR count). The molecular formula is C21H26N2O3S2. The number of para-hydroxylation sites is 1. The molecule has 0 radical (unpaired) electrons. The van der Waals surface area contributed by atoms with E-state index in [1.165, 1.54) is 6.92 Å². The zero-order valence-corrected chi connectivity index (χ0v) is 18.4. The Balaban J connectivity index is 2.03. The van der Waals surface area contributed by atoms with Gasteiger partial charge < -0.3 is 4.90 Å². The van der Waals surface area contributed by atoms with Gasteiger partial charge in [0.15, 0.2) is 0 Å². The van der Waals surface area contributed by atoms with E-state index in [0.717, 1.165) is 16.0 Å². The van der Waals surface area contributed by atoms with Crippen molar-refractivity contribution >= 4 is 39.1 Å². The number of sulfonamides is 1. The van der Waals surface area contributed by atoms with Gasteiger partial charge in [-0.2, -0.15) is 0 Å². The van der Waals surface area contributed by atoms with E-state index in [2.05, 4.69) is 11.6 Å². The molecule has 1 aliphatic rings. The Bertz CT molecular complexity index is 1020. The molecule has 0 saturated carbocycles. The van der Waals surface area contributed by atoms with Gasteiger partial charge >= 0.3 is 0 Å². The molecule has 0 spiro atoms. The monoisotopic (exact) mass is 418 g/mol. The number of carbonyl (C=O) groups excluding carboxylic acids is 1. The summed E-state index contributed by atoms with van der Waals surface area (Å²) in [5.74, 6) is 0.101. The third-order valence-electron chi connectivity index (χ3n) is 4.84. The molecule has 28 heavy (non-hydrogen) atoms. The summed E-state index contributed by atoms with van der Waals surface area (Å²) in [6.07, 6.45) is 0. The molecule has 1 amide bonds. The van der Waals surface area contributed by atoms with Gasteiger partial charge in [0.25, 0.3) is 10.0 Å². The van der Waals surface area contributed by atoms with Crippen LogP contribution in [0.25, 0.3) is 0 Å². The molecule has 2 aromatic carbocycles. The fourth-order valence-corrected chi connectivity index (χ4v) is 5.66. The average Bonchev–Trinajstić information content (AvgIpc) is 2.61. The molecule has 0 bridgehead atoms. The SMILES string of the molecule is CC(=O)N1C[C@@H](C)Sc2ccc(S(=O)(=O)Nc3c(C)cccc3C(C)C)cc21. The van der Waals surface area contributed by atoms with Crippen LogP contribution in [0.2, 0.25) is 0 Å². The maximum Gasteiger partial charge on any atom is 0.261 e. The molecule has 1 atom stereocenters. The van der Waals surface area contributed by atoms with Crippen LogP contribution in [0.1, 0.15) is 44.7 Å². The summed E-state index contributed by atoms with van der Waals surface area (Å²) in [7, 11) is -3.79. The first-order valence-corrected chi connectivity index (χ1v) is 11.7. The zero-order valence-electron chi connectivity index (χ0n) is 16.8. The van der Waals surface area contributed by atoms with Crippen molar-refractivity contribution in [1.29, 1.82) is 0 Å². The van der Waals surface area contributed by atoms with Crippen molar-refractivity contribution in [3.8, 4) is 0 Å². The molecule has 5 nitrogen and oxygen atoms in total. The third kappa shape index (κ3) is 4.05. The van der Waals surface area contributed by atoms with E-state index in [1.54, 1.807) is 34.9 Å². The number of amides is 1. The smallest absolute Gasteiger partial charge is 0.261 e. The molecule has 0 saturated heterocycles. The maximum absolute atomic E-state index is 13.1. The molecule has 2 aromatic rings. The summed E-state index contributed by atoms with van der Waals surface area (Å²) >= 11 is 1.66. The van der Waals surface area contributed by atoms with Crippen molar-refractivity contribution in [2.45, 2.75) is 55.6 Å². The van der Waals surface area contributed by atoms with Crippen molar-refractivity contribution < 1.29 is 13.2 Å². The number of rotatable bonds is 4. The van der Waals surface area contributed by atoms with Gasteiger partial charge in [-0.15, -0.1) is 11.8 Å². The number of thioether (sulfide) groups is 1. The fourth-order valence-electron chi connectivity index (χ4n) is 3.39. The lowest BCUT2D eigenvalue weighted by Gasteiger charge is -2.32. The first-order valence-electron chi connectivity index (χ1n) is 9.31. The number of nitrogens with one attached hydrogen (secondary N) is 1. The normalized spacial score (nSPS) is 16.8. The van der Waals surface area contributed by atoms with E-state index in [-0.39, 0.29) is 22.0 Å². The second-order valence-corrected chi connectivity index (χ2v) is 10.6. The molecule has 1 heterocycles. The van der Waals surface area contributed by atoms with Crippen molar-refractivity contribution in [2.75, 3.05) is 16.2 Å². The van der Waals surface area contributed by atoms with Crippen molar-refractivity contribution in [2.24, 2.45) is 0 Å². The van der Waals surface area contributed by atoms with Crippen LogP contribution in [0, 0.1) is 6.92 Å². The highest BCUT2D eigenvalue weighted by Gasteiger charge is 2.27. The molecule has 1 N–H and O–H groups in total. The van der Waals surface area contributed by atoms with E-state index in [4.69, 9.17) is 0 Å². The van der Waals surface area contributed by atoms with Crippen LogP contribution in [0.5, 0.6) is 0 Å². The van der Waals surface area contributed by atoms with Gasteiger partial charge in [-0.3, -0.25) is 9.52 Å². The largest absolute Gasteiger partial charge is 0.310 e. The van der Waals surface area contributed by atoms with Crippen molar-refractivity contribution in [3.63, 3.8) is 0 Å². The van der Waals surface area contributed by atoms with E-state index in [9.17, 15) is 13.2 Å². The minimum absolute atomic E-state index is 0.0862. The molecule has 150 valence electrons. The zero-order chi connectivity index (χ0) is 20.6. The van der Waals surface area contributed by atoms with Gasteiger partial charge in [0.05, 0.1) is 16.3 Å². The van der Waals surface area contributed by atoms with Crippen LogP contribution in [0.4, 0.5) is 11.4 Å². The highest BCUT2D eigenvalue weighted by Crippen LogP contribution is 2.40. The summed E-state index contributed by atoms with van der Waals surface area (Å²) in [5, 5.41) is 0.262. The van der Waals surface area contributed by atoms with Gasteiger partial charge in [0.2, 0.25) is 5.91 Å². The molecule has 0 aliphatic carbocycles. The molecule has 0 unspecified atom stereocenters. The lowest BCUT2D eigenvalue weighted by atomic mass is 9.99. The van der Waals surface area contributed by atoms with Crippen molar-refractivity contribution in [1.82, 2.24) is 0 Å².